The van der Waals surface area contributed by atoms with E-state index in [0.717, 1.165) is 11.3 Å². The summed E-state index contributed by atoms with van der Waals surface area (Å²) in [5, 5.41) is 14.1. The lowest BCUT2D eigenvalue weighted by Crippen LogP contribution is -2.18. The highest BCUT2D eigenvalue weighted by Gasteiger charge is 2.20. The highest BCUT2D eigenvalue weighted by molar-refractivity contribution is 6.44. The number of hydrogen-bond donors (Lipinski definition) is 1. The first-order valence-electron chi connectivity index (χ1n) is 5.53. The molecule has 1 atom stereocenters. The molecule has 0 amide bonds. The molecule has 1 aromatic heterocycles. The van der Waals surface area contributed by atoms with Crippen LogP contribution in [0, 0.1) is 0 Å². The Hall–Kier alpha value is -1.59. The van der Waals surface area contributed by atoms with E-state index in [1.165, 1.54) is 6.20 Å². The highest BCUT2D eigenvalue weighted by atomic mass is 35.5. The molecule has 0 bridgehead atoms. The van der Waals surface area contributed by atoms with Gasteiger partial charge < -0.3 is 10.1 Å². The fourth-order valence-corrected chi connectivity index (χ4v) is 2.02. The van der Waals surface area contributed by atoms with Crippen molar-refractivity contribution in [3.05, 3.63) is 42.1 Å². The molecule has 1 heterocycles. The maximum atomic E-state index is 6.02. The molecule has 0 radical (unpaired) electrons. The molecule has 0 aliphatic rings. The maximum Gasteiger partial charge on any atom is 0.152 e. The Morgan fingerprint density at radius 2 is 2.11 bits per heavy atom. The van der Waals surface area contributed by atoms with Gasteiger partial charge in [-0.1, -0.05) is 12.1 Å². The van der Waals surface area contributed by atoms with E-state index in [1.54, 1.807) is 13.2 Å². The van der Waals surface area contributed by atoms with Gasteiger partial charge in [-0.2, -0.15) is 0 Å². The summed E-state index contributed by atoms with van der Waals surface area (Å²) in [5.41, 5.74) is 0.896. The number of methoxy groups -OCH3 is 1. The molecule has 0 aliphatic carbocycles. The first-order chi connectivity index (χ1) is 9.20. The topological polar surface area (TPSA) is 59.9 Å². The molecule has 0 saturated heterocycles. The Kier molecular flexibility index (Phi) is 4.76. The van der Waals surface area contributed by atoms with E-state index >= 15 is 0 Å². The first-order valence-corrected chi connectivity index (χ1v) is 6.41. The van der Waals surface area contributed by atoms with Crippen LogP contribution in [0.25, 0.3) is 0 Å². The average molecular weight is 299 g/mol. The highest BCUT2D eigenvalue weighted by Crippen LogP contribution is 2.29. The summed E-state index contributed by atoms with van der Waals surface area (Å²) in [6.07, 6.45) is 1.54. The summed E-state index contributed by atoms with van der Waals surface area (Å²) in [5.74, 6) is 1.29. The number of benzene rings is 1. The van der Waals surface area contributed by atoms with Crippen LogP contribution in [0.4, 0.5) is 5.82 Å². The Bertz CT molecular complexity index is 524. The molecule has 5 nitrogen and oxygen atoms in total. The van der Waals surface area contributed by atoms with Crippen LogP contribution in [0.2, 0.25) is 0 Å². The van der Waals surface area contributed by atoms with Crippen molar-refractivity contribution in [2.75, 3.05) is 12.4 Å². The average Bonchev–Trinajstić information content (AvgIpc) is 2.45. The van der Waals surface area contributed by atoms with Gasteiger partial charge in [-0.05, 0) is 22.9 Å². The molecule has 1 N–H and O–H groups in total. The van der Waals surface area contributed by atoms with Crippen molar-refractivity contribution in [3.8, 4) is 5.75 Å². The van der Waals surface area contributed by atoms with Gasteiger partial charge in [-0.3, -0.25) is 0 Å². The largest absolute Gasteiger partial charge is 0.497 e. The van der Waals surface area contributed by atoms with Gasteiger partial charge in [-0.25, -0.2) is 0 Å². The number of halogens is 2. The molecule has 0 aliphatic heterocycles. The molecule has 0 saturated carbocycles. The van der Waals surface area contributed by atoms with Crippen LogP contribution in [-0.2, 0) is 0 Å². The zero-order chi connectivity index (χ0) is 13.7. The third-order valence-corrected chi connectivity index (χ3v) is 3.02. The second kappa shape index (κ2) is 6.54. The quantitative estimate of drug-likeness (QED) is 0.860. The van der Waals surface area contributed by atoms with Gasteiger partial charge in [0.1, 0.15) is 10.6 Å². The van der Waals surface area contributed by atoms with Crippen molar-refractivity contribution in [2.24, 2.45) is 0 Å². The lowest BCUT2D eigenvalue weighted by molar-refractivity contribution is 0.414. The standard InChI is InChI=1S/C12H12Cl2N4O/c1-19-9-4-2-3-8(7-9)11(12(13)14)16-10-5-6-15-18-17-10/h2-7,11-12H,1H3,(H,15,16,17)/t11-/m1/s1. The number of ether oxygens (including phenoxy) is 1. The number of aromatic nitrogens is 3. The van der Waals surface area contributed by atoms with E-state index in [0.29, 0.717) is 5.82 Å². The molecular formula is C12H12Cl2N4O. The molecule has 1 aromatic carbocycles. The van der Waals surface area contributed by atoms with Crippen molar-refractivity contribution >= 4 is 29.0 Å². The van der Waals surface area contributed by atoms with Gasteiger partial charge in [0.05, 0.1) is 19.3 Å². The maximum absolute atomic E-state index is 6.02. The number of rotatable bonds is 5. The normalized spacial score (nSPS) is 12.2. The van der Waals surface area contributed by atoms with Crippen molar-refractivity contribution in [3.63, 3.8) is 0 Å². The van der Waals surface area contributed by atoms with Crippen LogP contribution < -0.4 is 10.1 Å². The van der Waals surface area contributed by atoms with Crippen molar-refractivity contribution in [2.45, 2.75) is 10.9 Å². The van der Waals surface area contributed by atoms with Crippen molar-refractivity contribution in [1.29, 1.82) is 0 Å². The smallest absolute Gasteiger partial charge is 0.152 e. The van der Waals surface area contributed by atoms with E-state index in [9.17, 15) is 0 Å². The van der Waals surface area contributed by atoms with Crippen LogP contribution in [0.1, 0.15) is 11.6 Å². The minimum Gasteiger partial charge on any atom is -0.497 e. The summed E-state index contributed by atoms with van der Waals surface area (Å²) in [7, 11) is 1.61. The Morgan fingerprint density at radius 1 is 1.26 bits per heavy atom. The molecule has 0 unspecified atom stereocenters. The van der Waals surface area contributed by atoms with E-state index in [-0.39, 0.29) is 6.04 Å². The van der Waals surface area contributed by atoms with E-state index in [1.807, 2.05) is 24.3 Å². The summed E-state index contributed by atoms with van der Waals surface area (Å²) in [6.45, 7) is 0. The number of alkyl halides is 2. The van der Waals surface area contributed by atoms with Gasteiger partial charge in [0.2, 0.25) is 0 Å². The summed E-state index contributed by atoms with van der Waals surface area (Å²) < 4.78 is 5.18. The molecular weight excluding hydrogens is 287 g/mol. The minimum absolute atomic E-state index is 0.324. The van der Waals surface area contributed by atoms with Gasteiger partial charge in [0.25, 0.3) is 0 Å². The molecule has 2 rings (SSSR count). The SMILES string of the molecule is COc1cccc([C@@H](Nc2ccnnn2)C(Cl)Cl)c1. The van der Waals surface area contributed by atoms with Crippen LogP contribution in [0.5, 0.6) is 5.75 Å². The Morgan fingerprint density at radius 3 is 2.74 bits per heavy atom. The predicted molar refractivity (Wildman–Crippen MR) is 74.7 cm³/mol. The van der Waals surface area contributed by atoms with E-state index < -0.39 is 4.84 Å². The molecule has 7 heteroatoms. The third kappa shape index (κ3) is 3.68. The van der Waals surface area contributed by atoms with Crippen LogP contribution in [0.3, 0.4) is 0 Å². The Labute approximate surface area is 120 Å². The van der Waals surface area contributed by atoms with Crippen LogP contribution >= 0.6 is 23.2 Å². The molecule has 19 heavy (non-hydrogen) atoms. The van der Waals surface area contributed by atoms with E-state index in [2.05, 4.69) is 20.7 Å². The summed E-state index contributed by atoms with van der Waals surface area (Å²) >= 11 is 12.0. The molecule has 0 fully saturated rings. The summed E-state index contributed by atoms with van der Waals surface area (Å²) in [6, 6.07) is 8.86. The zero-order valence-electron chi connectivity index (χ0n) is 10.1. The van der Waals surface area contributed by atoms with Crippen LogP contribution in [0.15, 0.2) is 36.5 Å². The first kappa shape index (κ1) is 13.8. The monoisotopic (exact) mass is 298 g/mol. The summed E-state index contributed by atoms with van der Waals surface area (Å²) in [4.78, 5) is -0.651. The number of nitrogens with zero attached hydrogens (tertiary/aromatic N) is 3. The van der Waals surface area contributed by atoms with Gasteiger partial charge >= 0.3 is 0 Å². The second-order valence-electron chi connectivity index (χ2n) is 3.74. The van der Waals surface area contributed by atoms with Crippen molar-refractivity contribution < 1.29 is 4.74 Å². The lowest BCUT2D eigenvalue weighted by atomic mass is 10.1. The predicted octanol–water partition coefficient (Wildman–Crippen LogP) is 2.84. The van der Waals surface area contributed by atoms with Gasteiger partial charge in [0, 0.05) is 6.07 Å². The van der Waals surface area contributed by atoms with Crippen molar-refractivity contribution in [1.82, 2.24) is 15.4 Å². The third-order valence-electron chi connectivity index (χ3n) is 2.51. The lowest BCUT2D eigenvalue weighted by Gasteiger charge is -2.20. The van der Waals surface area contributed by atoms with Gasteiger partial charge in [0.15, 0.2) is 5.82 Å². The second-order valence-corrected chi connectivity index (χ2v) is 4.90. The minimum atomic E-state index is -0.651. The fraction of sp³-hybridized carbons (Fsp3) is 0.250. The number of hydrogen-bond acceptors (Lipinski definition) is 5. The zero-order valence-corrected chi connectivity index (χ0v) is 11.6. The number of anilines is 1. The van der Waals surface area contributed by atoms with E-state index in [4.69, 9.17) is 27.9 Å². The number of nitrogens with one attached hydrogen (secondary N) is 1. The molecule has 100 valence electrons. The molecule has 0 spiro atoms. The van der Waals surface area contributed by atoms with Crippen LogP contribution in [-0.4, -0.2) is 27.4 Å². The Balaban J connectivity index is 2.24. The molecule has 2 aromatic rings. The fourth-order valence-electron chi connectivity index (χ4n) is 1.60. The van der Waals surface area contributed by atoms with Gasteiger partial charge in [-0.15, -0.1) is 33.4 Å².